The minimum atomic E-state index is -0.304. The number of fused-ring (bicyclic) bond motifs is 1. The summed E-state index contributed by atoms with van der Waals surface area (Å²) in [6.45, 7) is 0.383. The van der Waals surface area contributed by atoms with Gasteiger partial charge in [0.2, 0.25) is 0 Å². The molecule has 1 unspecified atom stereocenters. The van der Waals surface area contributed by atoms with Crippen LogP contribution in [0.4, 0.5) is 0 Å². The third-order valence-electron chi connectivity index (χ3n) is 3.31. The van der Waals surface area contributed by atoms with Crippen molar-refractivity contribution in [3.05, 3.63) is 53.1 Å². The van der Waals surface area contributed by atoms with E-state index in [1.54, 1.807) is 13.2 Å². The van der Waals surface area contributed by atoms with Gasteiger partial charge in [0.05, 0.1) is 13.7 Å². The van der Waals surface area contributed by atoms with Crippen LogP contribution in [0.1, 0.15) is 22.8 Å². The Kier molecular flexibility index (Phi) is 2.80. The summed E-state index contributed by atoms with van der Waals surface area (Å²) in [6.07, 6.45) is -0.304. The van der Waals surface area contributed by atoms with E-state index in [1.165, 1.54) is 6.07 Å². The molecule has 2 aromatic rings. The number of phenolic OH excluding ortho intramolecular Hbond substituents is 2. The zero-order chi connectivity index (χ0) is 13.4. The lowest BCUT2D eigenvalue weighted by atomic mass is 9.98. The third-order valence-corrected chi connectivity index (χ3v) is 3.31. The molecule has 4 nitrogen and oxygen atoms in total. The van der Waals surface area contributed by atoms with Crippen molar-refractivity contribution < 1.29 is 19.7 Å². The van der Waals surface area contributed by atoms with Gasteiger partial charge < -0.3 is 19.7 Å². The average molecular weight is 258 g/mol. The van der Waals surface area contributed by atoms with Crippen molar-refractivity contribution in [2.24, 2.45) is 0 Å². The van der Waals surface area contributed by atoms with Crippen LogP contribution < -0.4 is 4.74 Å². The smallest absolute Gasteiger partial charge is 0.125 e. The number of rotatable bonds is 2. The van der Waals surface area contributed by atoms with E-state index in [1.807, 2.05) is 24.3 Å². The quantitative estimate of drug-likeness (QED) is 0.869. The normalized spacial score (nSPS) is 17.2. The summed E-state index contributed by atoms with van der Waals surface area (Å²) in [5.74, 6) is 0.889. The van der Waals surface area contributed by atoms with Crippen molar-refractivity contribution in [2.75, 3.05) is 7.11 Å². The second-order valence-electron chi connectivity index (χ2n) is 4.50. The summed E-state index contributed by atoms with van der Waals surface area (Å²) in [5, 5.41) is 19.5. The van der Waals surface area contributed by atoms with Gasteiger partial charge in [0.1, 0.15) is 23.4 Å². The highest BCUT2D eigenvalue weighted by Crippen LogP contribution is 2.43. The van der Waals surface area contributed by atoms with E-state index < -0.39 is 0 Å². The number of benzene rings is 2. The molecule has 1 heterocycles. The van der Waals surface area contributed by atoms with E-state index >= 15 is 0 Å². The molecule has 0 spiro atoms. The van der Waals surface area contributed by atoms with E-state index in [4.69, 9.17) is 9.47 Å². The molecule has 0 bridgehead atoms. The highest BCUT2D eigenvalue weighted by molar-refractivity contribution is 5.51. The molecule has 0 amide bonds. The van der Waals surface area contributed by atoms with Crippen LogP contribution in [0.2, 0.25) is 0 Å². The second kappa shape index (κ2) is 4.48. The zero-order valence-electron chi connectivity index (χ0n) is 10.5. The molecule has 1 aliphatic rings. The van der Waals surface area contributed by atoms with Crippen LogP contribution in [0.25, 0.3) is 0 Å². The molecule has 19 heavy (non-hydrogen) atoms. The first kappa shape index (κ1) is 11.9. The van der Waals surface area contributed by atoms with Crippen LogP contribution in [0.5, 0.6) is 17.2 Å². The Bertz CT molecular complexity index is 604. The predicted octanol–water partition coefficient (Wildman–Crippen LogP) is 2.73. The van der Waals surface area contributed by atoms with E-state index in [-0.39, 0.29) is 17.6 Å². The topological polar surface area (TPSA) is 58.9 Å². The van der Waals surface area contributed by atoms with Gasteiger partial charge in [-0.25, -0.2) is 0 Å². The van der Waals surface area contributed by atoms with Crippen molar-refractivity contribution >= 4 is 0 Å². The van der Waals surface area contributed by atoms with Crippen LogP contribution in [-0.2, 0) is 11.3 Å². The molecule has 4 heteroatoms. The second-order valence-corrected chi connectivity index (χ2v) is 4.50. The average Bonchev–Trinajstić information content (AvgIpc) is 2.83. The number of hydrogen-bond donors (Lipinski definition) is 2. The Balaban J connectivity index is 2.01. The van der Waals surface area contributed by atoms with Gasteiger partial charge in [0.15, 0.2) is 0 Å². The number of ether oxygens (including phenoxy) is 2. The fourth-order valence-corrected chi connectivity index (χ4v) is 2.40. The van der Waals surface area contributed by atoms with Gasteiger partial charge in [-0.2, -0.15) is 0 Å². The van der Waals surface area contributed by atoms with Crippen molar-refractivity contribution in [3.63, 3.8) is 0 Å². The third kappa shape index (κ3) is 2.00. The van der Waals surface area contributed by atoms with Gasteiger partial charge in [-0.05, 0) is 29.3 Å². The molecule has 98 valence electrons. The Labute approximate surface area is 110 Å². The van der Waals surface area contributed by atoms with Gasteiger partial charge in [0, 0.05) is 11.6 Å². The van der Waals surface area contributed by atoms with Gasteiger partial charge in [-0.1, -0.05) is 12.1 Å². The fourth-order valence-electron chi connectivity index (χ4n) is 2.40. The minimum Gasteiger partial charge on any atom is -0.508 e. The van der Waals surface area contributed by atoms with E-state index in [0.717, 1.165) is 22.4 Å². The zero-order valence-corrected chi connectivity index (χ0v) is 10.5. The lowest BCUT2D eigenvalue weighted by molar-refractivity contribution is 0.0928. The first-order chi connectivity index (χ1) is 9.19. The maximum Gasteiger partial charge on any atom is 0.125 e. The van der Waals surface area contributed by atoms with Crippen molar-refractivity contribution in [2.45, 2.75) is 12.7 Å². The molecule has 0 radical (unpaired) electrons. The molecule has 1 atom stereocenters. The summed E-state index contributed by atoms with van der Waals surface area (Å²) < 4.78 is 10.8. The van der Waals surface area contributed by atoms with Crippen LogP contribution in [0.15, 0.2) is 36.4 Å². The van der Waals surface area contributed by atoms with Crippen LogP contribution in [-0.4, -0.2) is 17.3 Å². The summed E-state index contributed by atoms with van der Waals surface area (Å²) in [4.78, 5) is 0. The van der Waals surface area contributed by atoms with Crippen LogP contribution >= 0.6 is 0 Å². The van der Waals surface area contributed by atoms with Gasteiger partial charge in [-0.15, -0.1) is 0 Å². The Morgan fingerprint density at radius 3 is 2.58 bits per heavy atom. The Morgan fingerprint density at radius 1 is 1.16 bits per heavy atom. The molecule has 0 aromatic heterocycles. The number of phenols is 2. The summed E-state index contributed by atoms with van der Waals surface area (Å²) in [5.41, 5.74) is 2.49. The molecule has 2 N–H and O–H groups in total. The van der Waals surface area contributed by atoms with Crippen LogP contribution in [0, 0.1) is 0 Å². The number of hydrogen-bond acceptors (Lipinski definition) is 4. The monoisotopic (exact) mass is 258 g/mol. The minimum absolute atomic E-state index is 0.0511. The first-order valence-electron chi connectivity index (χ1n) is 5.99. The molecule has 0 saturated carbocycles. The van der Waals surface area contributed by atoms with Crippen molar-refractivity contribution in [1.82, 2.24) is 0 Å². The van der Waals surface area contributed by atoms with Gasteiger partial charge >= 0.3 is 0 Å². The largest absolute Gasteiger partial charge is 0.508 e. The van der Waals surface area contributed by atoms with E-state index in [2.05, 4.69) is 0 Å². The molecule has 0 fully saturated rings. The SMILES string of the molecule is COc1ccc(C2OCc3cc(O)cc(O)c32)cc1. The molecular weight excluding hydrogens is 244 g/mol. The standard InChI is InChI=1S/C15H14O4/c1-18-12-4-2-9(3-5-12)15-14-10(8-19-15)6-11(16)7-13(14)17/h2-7,15-17H,8H2,1H3. The highest BCUT2D eigenvalue weighted by Gasteiger charge is 2.28. The van der Waals surface area contributed by atoms with Crippen LogP contribution in [0.3, 0.4) is 0 Å². The molecule has 0 aliphatic carbocycles. The van der Waals surface area contributed by atoms with E-state index in [9.17, 15) is 10.2 Å². The summed E-state index contributed by atoms with van der Waals surface area (Å²) >= 11 is 0. The number of aromatic hydroxyl groups is 2. The van der Waals surface area contributed by atoms with Gasteiger partial charge in [0.25, 0.3) is 0 Å². The van der Waals surface area contributed by atoms with E-state index in [0.29, 0.717) is 6.61 Å². The summed E-state index contributed by atoms with van der Waals surface area (Å²) in [7, 11) is 1.62. The maximum absolute atomic E-state index is 9.98. The highest BCUT2D eigenvalue weighted by atomic mass is 16.5. The molecule has 2 aromatic carbocycles. The predicted molar refractivity (Wildman–Crippen MR) is 69.4 cm³/mol. The maximum atomic E-state index is 9.98. The Morgan fingerprint density at radius 2 is 1.89 bits per heavy atom. The Hall–Kier alpha value is -2.20. The van der Waals surface area contributed by atoms with Crippen molar-refractivity contribution in [3.8, 4) is 17.2 Å². The number of methoxy groups -OCH3 is 1. The fraction of sp³-hybridized carbons (Fsp3) is 0.200. The van der Waals surface area contributed by atoms with Gasteiger partial charge in [-0.3, -0.25) is 0 Å². The molecular formula is C15H14O4. The molecule has 3 rings (SSSR count). The molecule has 0 saturated heterocycles. The first-order valence-corrected chi connectivity index (χ1v) is 5.99. The lowest BCUT2D eigenvalue weighted by Crippen LogP contribution is -1.98. The molecule has 1 aliphatic heterocycles. The summed E-state index contributed by atoms with van der Waals surface area (Å²) in [6, 6.07) is 10.5. The lowest BCUT2D eigenvalue weighted by Gasteiger charge is -2.13. The van der Waals surface area contributed by atoms with Crippen molar-refractivity contribution in [1.29, 1.82) is 0 Å².